The van der Waals surface area contributed by atoms with Crippen molar-refractivity contribution in [1.29, 1.82) is 0 Å². The van der Waals surface area contributed by atoms with Crippen LogP contribution in [0, 0.1) is 0 Å². The lowest BCUT2D eigenvalue weighted by Crippen LogP contribution is -2.45. The van der Waals surface area contributed by atoms with Crippen LogP contribution in [0.4, 0.5) is 0 Å². The molecule has 1 amide bonds. The summed E-state index contributed by atoms with van der Waals surface area (Å²) in [6.07, 6.45) is 61.9. The summed E-state index contributed by atoms with van der Waals surface area (Å²) in [5.74, 6) is -0.0706. The van der Waals surface area contributed by atoms with Gasteiger partial charge in [0, 0.05) is 12.8 Å². The Balaban J connectivity index is 3.45. The molecule has 0 radical (unpaired) electrons. The van der Waals surface area contributed by atoms with Crippen LogP contribution in [0.3, 0.4) is 0 Å². The summed E-state index contributed by atoms with van der Waals surface area (Å²) >= 11 is 0. The summed E-state index contributed by atoms with van der Waals surface area (Å²) in [6, 6.07) is -0.633. The molecule has 0 saturated carbocycles. The fourth-order valence-electron chi connectivity index (χ4n) is 8.45. The number of unbranched alkanes of at least 4 members (excludes halogenated alkanes) is 38. The molecule has 0 rings (SSSR count). The van der Waals surface area contributed by atoms with Crippen molar-refractivity contribution in [3.8, 4) is 0 Å². The van der Waals surface area contributed by atoms with E-state index in [9.17, 15) is 19.8 Å². The Kier molecular flexibility index (Phi) is 50.6. The molecule has 0 bridgehead atoms. The third-order valence-corrected chi connectivity index (χ3v) is 12.7. The quantitative estimate of drug-likeness (QED) is 0.0321. The number of aliphatic hydroxyl groups is 2. The molecule has 2 atom stereocenters. The van der Waals surface area contributed by atoms with Crippen molar-refractivity contribution >= 4 is 11.9 Å². The van der Waals surface area contributed by atoms with Crippen LogP contribution in [-0.4, -0.2) is 47.4 Å². The van der Waals surface area contributed by atoms with Gasteiger partial charge in [-0.25, -0.2) is 0 Å². The van der Waals surface area contributed by atoms with Crippen LogP contribution < -0.4 is 5.32 Å². The third-order valence-electron chi connectivity index (χ3n) is 12.7. The van der Waals surface area contributed by atoms with Crippen LogP contribution in [0.5, 0.6) is 0 Å². The van der Waals surface area contributed by atoms with Gasteiger partial charge < -0.3 is 20.3 Å². The van der Waals surface area contributed by atoms with Crippen LogP contribution in [0.2, 0.25) is 0 Å². The Morgan fingerprint density at radius 3 is 1.15 bits per heavy atom. The van der Waals surface area contributed by atoms with Crippen molar-refractivity contribution in [3.05, 3.63) is 24.3 Å². The van der Waals surface area contributed by atoms with Gasteiger partial charge in [-0.2, -0.15) is 0 Å². The zero-order valence-electron chi connectivity index (χ0n) is 41.6. The average molecular weight is 874 g/mol. The summed E-state index contributed by atoms with van der Waals surface area (Å²) in [5, 5.41) is 23.0. The van der Waals surface area contributed by atoms with E-state index in [0.717, 1.165) is 44.9 Å². The number of hydrogen-bond acceptors (Lipinski definition) is 5. The molecule has 0 saturated heterocycles. The molecule has 366 valence electrons. The summed E-state index contributed by atoms with van der Waals surface area (Å²) in [7, 11) is 0. The van der Waals surface area contributed by atoms with Gasteiger partial charge >= 0.3 is 5.97 Å². The molecule has 3 N–H and O–H groups in total. The molecule has 6 nitrogen and oxygen atoms in total. The van der Waals surface area contributed by atoms with E-state index in [1.807, 2.05) is 6.08 Å². The Morgan fingerprint density at radius 1 is 0.435 bits per heavy atom. The zero-order chi connectivity index (χ0) is 45.1. The minimum absolute atomic E-state index is 0.00603. The van der Waals surface area contributed by atoms with Gasteiger partial charge in [-0.1, -0.05) is 250 Å². The highest BCUT2D eigenvalue weighted by atomic mass is 16.5. The van der Waals surface area contributed by atoms with Crippen LogP contribution in [-0.2, 0) is 14.3 Å². The number of carbonyl (C=O) groups is 2. The highest BCUT2D eigenvalue weighted by Crippen LogP contribution is 2.16. The van der Waals surface area contributed by atoms with Gasteiger partial charge in [-0.15, -0.1) is 0 Å². The minimum Gasteiger partial charge on any atom is -0.466 e. The molecular weight excluding hydrogens is 767 g/mol. The van der Waals surface area contributed by atoms with Crippen molar-refractivity contribution in [2.45, 2.75) is 309 Å². The highest BCUT2D eigenvalue weighted by molar-refractivity contribution is 5.76. The van der Waals surface area contributed by atoms with E-state index in [4.69, 9.17) is 4.74 Å². The molecule has 0 heterocycles. The highest BCUT2D eigenvalue weighted by Gasteiger charge is 2.18. The third kappa shape index (κ3) is 47.8. The number of allylic oxidation sites excluding steroid dienone is 3. The lowest BCUT2D eigenvalue weighted by molar-refractivity contribution is -0.143. The maximum Gasteiger partial charge on any atom is 0.305 e. The Bertz CT molecular complexity index is 966. The van der Waals surface area contributed by atoms with Crippen molar-refractivity contribution in [2.24, 2.45) is 0 Å². The number of rotatable bonds is 51. The molecule has 62 heavy (non-hydrogen) atoms. The van der Waals surface area contributed by atoms with Gasteiger partial charge in [0.15, 0.2) is 0 Å². The van der Waals surface area contributed by atoms with Gasteiger partial charge in [0.1, 0.15) is 0 Å². The number of aliphatic hydroxyl groups excluding tert-OH is 2. The summed E-state index contributed by atoms with van der Waals surface area (Å²) < 4.78 is 5.46. The van der Waals surface area contributed by atoms with Gasteiger partial charge in [0.2, 0.25) is 5.91 Å². The monoisotopic (exact) mass is 874 g/mol. The molecule has 2 unspecified atom stereocenters. The molecule has 6 heteroatoms. The topological polar surface area (TPSA) is 95.9 Å². The Labute approximate surface area is 386 Å². The van der Waals surface area contributed by atoms with E-state index in [1.165, 1.54) is 225 Å². The predicted molar refractivity (Wildman–Crippen MR) is 269 cm³/mol. The van der Waals surface area contributed by atoms with E-state index in [1.54, 1.807) is 6.08 Å². The number of nitrogens with one attached hydrogen (secondary N) is 1. The smallest absolute Gasteiger partial charge is 0.305 e. The number of hydrogen-bond donors (Lipinski definition) is 3. The van der Waals surface area contributed by atoms with Crippen LogP contribution in [0.15, 0.2) is 24.3 Å². The summed E-state index contributed by atoms with van der Waals surface area (Å²) in [5.41, 5.74) is 0. The van der Waals surface area contributed by atoms with Crippen LogP contribution in [0.25, 0.3) is 0 Å². The molecule has 0 aromatic carbocycles. The van der Waals surface area contributed by atoms with Crippen LogP contribution in [0.1, 0.15) is 296 Å². The number of carbonyl (C=O) groups excluding carboxylic acids is 2. The second kappa shape index (κ2) is 52.0. The molecule has 0 aliphatic rings. The van der Waals surface area contributed by atoms with Gasteiger partial charge in [0.05, 0.1) is 25.4 Å². The lowest BCUT2D eigenvalue weighted by atomic mass is 10.0. The lowest BCUT2D eigenvalue weighted by Gasteiger charge is -2.20. The molecule has 0 fully saturated rings. The second-order valence-corrected chi connectivity index (χ2v) is 18.9. The zero-order valence-corrected chi connectivity index (χ0v) is 41.6. The predicted octanol–water partition coefficient (Wildman–Crippen LogP) is 16.7. The summed E-state index contributed by atoms with van der Waals surface area (Å²) in [4.78, 5) is 24.4. The van der Waals surface area contributed by atoms with Crippen molar-refractivity contribution in [2.75, 3.05) is 13.2 Å². The summed E-state index contributed by atoms with van der Waals surface area (Å²) in [6.45, 7) is 4.89. The van der Waals surface area contributed by atoms with E-state index >= 15 is 0 Å². The molecule has 0 aromatic heterocycles. The van der Waals surface area contributed by atoms with E-state index in [-0.39, 0.29) is 18.5 Å². The van der Waals surface area contributed by atoms with Gasteiger partial charge in [0.25, 0.3) is 0 Å². The van der Waals surface area contributed by atoms with Crippen molar-refractivity contribution < 1.29 is 24.5 Å². The normalized spacial score (nSPS) is 12.8. The number of esters is 1. The molecule has 0 aliphatic carbocycles. The SMILES string of the molecule is CCCCCCCCCCCCC/C=C/C(O)C(CO)NC(=O)CCCCCCCCC/C=C\CCCCCCCCCCCOC(=O)CCCCCCCCCCCCCC. The molecule has 0 spiro atoms. The molecule has 0 aliphatic heterocycles. The van der Waals surface area contributed by atoms with E-state index in [2.05, 4.69) is 31.3 Å². The average Bonchev–Trinajstić information content (AvgIpc) is 3.27. The van der Waals surface area contributed by atoms with Gasteiger partial charge in [-0.3, -0.25) is 9.59 Å². The number of amides is 1. The molecule has 0 aromatic rings. The maximum atomic E-state index is 12.4. The fourth-order valence-corrected chi connectivity index (χ4v) is 8.45. The van der Waals surface area contributed by atoms with E-state index in [0.29, 0.717) is 19.4 Å². The van der Waals surface area contributed by atoms with Crippen molar-refractivity contribution in [1.82, 2.24) is 5.32 Å². The minimum atomic E-state index is -0.848. The van der Waals surface area contributed by atoms with Crippen LogP contribution >= 0.6 is 0 Å². The van der Waals surface area contributed by atoms with Crippen molar-refractivity contribution in [3.63, 3.8) is 0 Å². The maximum absolute atomic E-state index is 12.4. The first-order valence-electron chi connectivity index (χ1n) is 27.6. The molecular formula is C56H107NO5. The second-order valence-electron chi connectivity index (χ2n) is 18.9. The first-order chi connectivity index (χ1) is 30.5. The van der Waals surface area contributed by atoms with E-state index < -0.39 is 12.1 Å². The largest absolute Gasteiger partial charge is 0.466 e. The Hall–Kier alpha value is -1.66. The first-order valence-corrected chi connectivity index (χ1v) is 27.6. The Morgan fingerprint density at radius 2 is 0.758 bits per heavy atom. The van der Waals surface area contributed by atoms with Gasteiger partial charge in [-0.05, 0) is 57.8 Å². The fraction of sp³-hybridized carbons (Fsp3) is 0.893. The first kappa shape index (κ1) is 60.3. The standard InChI is InChI=1S/C56H107NO5/c1-3-5-7-9-11-13-15-25-28-32-36-40-44-48-54(59)53(52-58)57-55(60)49-45-41-37-33-29-26-23-21-19-17-18-20-22-24-27-31-35-39-43-47-51-62-56(61)50-46-42-38-34-30-16-14-12-10-8-6-4-2/h17,19,44,48,53-54,58-59H,3-16,18,20-43,45-47,49-52H2,1-2H3,(H,57,60)/b19-17-,48-44+. The number of ether oxygens (including phenoxy) is 1.